The normalized spacial score (nSPS) is 17.8. The van der Waals surface area contributed by atoms with Crippen LogP contribution in [-0.2, 0) is 11.2 Å². The van der Waals surface area contributed by atoms with E-state index in [1.54, 1.807) is 0 Å². The minimum absolute atomic E-state index is 0.270. The number of piperazine rings is 1. The van der Waals surface area contributed by atoms with E-state index >= 15 is 0 Å². The summed E-state index contributed by atoms with van der Waals surface area (Å²) in [5, 5.41) is 0.713. The number of anilines is 1. The Balaban J connectivity index is 1.09. The van der Waals surface area contributed by atoms with Crippen LogP contribution >= 0.6 is 11.6 Å². The molecule has 1 amide bonds. The molecule has 0 spiro atoms. The predicted molar refractivity (Wildman–Crippen MR) is 137 cm³/mol. The lowest BCUT2D eigenvalue weighted by molar-refractivity contribution is -0.133. The molecular weight excluding hydrogens is 446 g/mol. The summed E-state index contributed by atoms with van der Waals surface area (Å²) in [7, 11) is 0. The number of halogens is 1. The summed E-state index contributed by atoms with van der Waals surface area (Å²) < 4.78 is 2.08. The summed E-state index contributed by atoms with van der Waals surface area (Å²) >= 11 is 6.19. The largest absolute Gasteiger partial charge is 0.342 e. The van der Waals surface area contributed by atoms with E-state index < -0.39 is 0 Å². The number of rotatable bonds is 6. The number of benzene rings is 2. The van der Waals surface area contributed by atoms with Gasteiger partial charge in [0.25, 0.3) is 0 Å². The number of piperidine rings is 1. The number of amides is 1. The van der Waals surface area contributed by atoms with Crippen LogP contribution in [0.4, 0.5) is 5.95 Å². The van der Waals surface area contributed by atoms with Gasteiger partial charge in [-0.1, -0.05) is 48.0 Å². The van der Waals surface area contributed by atoms with Crippen molar-refractivity contribution in [3.63, 3.8) is 0 Å². The van der Waals surface area contributed by atoms with Crippen molar-refractivity contribution < 1.29 is 4.79 Å². The van der Waals surface area contributed by atoms with Crippen LogP contribution in [0, 0.1) is 5.92 Å². The van der Waals surface area contributed by atoms with Gasteiger partial charge in [0.05, 0.1) is 6.54 Å². The molecule has 0 unspecified atom stereocenters. The van der Waals surface area contributed by atoms with Gasteiger partial charge < -0.3 is 9.80 Å². The molecule has 2 fully saturated rings. The highest BCUT2D eigenvalue weighted by atomic mass is 35.5. The summed E-state index contributed by atoms with van der Waals surface area (Å²) in [5.74, 6) is 1.87. The quantitative estimate of drug-likeness (QED) is 0.535. The summed E-state index contributed by atoms with van der Waals surface area (Å²) in [5.41, 5.74) is 2.41. The molecule has 2 aromatic carbocycles. The number of hydrogen-bond donors (Lipinski definition) is 0. The van der Waals surface area contributed by atoms with Gasteiger partial charge in [-0.25, -0.2) is 4.98 Å². The first-order valence-electron chi connectivity index (χ1n) is 12.2. The molecule has 2 aliphatic heterocycles. The fourth-order valence-electron chi connectivity index (χ4n) is 5.09. The predicted octanol–water partition coefficient (Wildman–Crippen LogP) is 4.13. The van der Waals surface area contributed by atoms with E-state index in [0.717, 1.165) is 70.2 Å². The summed E-state index contributed by atoms with van der Waals surface area (Å²) in [6.45, 7) is 5.70. The van der Waals surface area contributed by atoms with Gasteiger partial charge in [0.15, 0.2) is 0 Å². The van der Waals surface area contributed by atoms with Gasteiger partial charge in [-0.05, 0) is 48.9 Å². The highest BCUT2D eigenvalue weighted by molar-refractivity contribution is 6.30. The van der Waals surface area contributed by atoms with Gasteiger partial charge in [-0.2, -0.15) is 0 Å². The van der Waals surface area contributed by atoms with E-state index in [1.807, 2.05) is 36.7 Å². The number of carbonyl (C=O) groups excluding carboxylic acids is 1. The first kappa shape index (κ1) is 22.9. The maximum absolute atomic E-state index is 13.0. The van der Waals surface area contributed by atoms with E-state index in [9.17, 15) is 4.79 Å². The molecule has 0 N–H and O–H groups in total. The Kier molecular flexibility index (Phi) is 7.16. The molecule has 2 aliphatic rings. The molecule has 3 heterocycles. The number of hydrogen-bond acceptors (Lipinski definition) is 4. The number of nitrogens with zero attached hydrogens (tertiary/aromatic N) is 5. The van der Waals surface area contributed by atoms with Crippen molar-refractivity contribution >= 4 is 23.5 Å². The smallest absolute Gasteiger partial charge is 0.236 e. The minimum Gasteiger partial charge on any atom is -0.342 e. The Labute approximate surface area is 206 Å². The highest BCUT2D eigenvalue weighted by Gasteiger charge is 2.26. The molecule has 3 aromatic rings. The SMILES string of the molecule is O=C(CN1CCN(c2nccn2-c2cccc(Cl)c2)CC1)N1CCC(Cc2ccccc2)CC1. The van der Waals surface area contributed by atoms with Crippen molar-refractivity contribution in [1.82, 2.24) is 19.4 Å². The van der Waals surface area contributed by atoms with E-state index in [4.69, 9.17) is 11.6 Å². The molecule has 0 atom stereocenters. The van der Waals surface area contributed by atoms with Crippen LogP contribution in [0.1, 0.15) is 18.4 Å². The zero-order valence-corrected chi connectivity index (χ0v) is 20.3. The van der Waals surface area contributed by atoms with Crippen LogP contribution in [0.5, 0.6) is 0 Å². The van der Waals surface area contributed by atoms with E-state index in [1.165, 1.54) is 5.56 Å². The van der Waals surface area contributed by atoms with Gasteiger partial charge in [0.2, 0.25) is 11.9 Å². The lowest BCUT2D eigenvalue weighted by Crippen LogP contribution is -2.51. The highest BCUT2D eigenvalue weighted by Crippen LogP contribution is 2.23. The van der Waals surface area contributed by atoms with Crippen LogP contribution in [0.2, 0.25) is 5.02 Å². The lowest BCUT2D eigenvalue weighted by Gasteiger charge is -2.37. The Bertz CT molecular complexity index is 1090. The maximum Gasteiger partial charge on any atom is 0.236 e. The van der Waals surface area contributed by atoms with Gasteiger partial charge in [0, 0.05) is 62.4 Å². The van der Waals surface area contributed by atoms with Crippen molar-refractivity contribution in [2.75, 3.05) is 50.7 Å². The lowest BCUT2D eigenvalue weighted by atomic mass is 9.90. The van der Waals surface area contributed by atoms with E-state index in [-0.39, 0.29) is 5.91 Å². The molecule has 0 saturated carbocycles. The molecular formula is C27H32ClN5O. The number of imidazole rings is 1. The molecule has 1 aromatic heterocycles. The van der Waals surface area contributed by atoms with Crippen LogP contribution in [0.15, 0.2) is 67.0 Å². The van der Waals surface area contributed by atoms with Crippen molar-refractivity contribution in [2.45, 2.75) is 19.3 Å². The first-order valence-corrected chi connectivity index (χ1v) is 12.6. The van der Waals surface area contributed by atoms with Crippen molar-refractivity contribution in [1.29, 1.82) is 0 Å². The number of carbonyl (C=O) groups is 1. The Morgan fingerprint density at radius 3 is 2.44 bits per heavy atom. The molecule has 34 heavy (non-hydrogen) atoms. The second-order valence-corrected chi connectivity index (χ2v) is 9.79. The Morgan fingerprint density at radius 1 is 0.941 bits per heavy atom. The van der Waals surface area contributed by atoms with Crippen LogP contribution < -0.4 is 4.90 Å². The number of aromatic nitrogens is 2. The average Bonchev–Trinajstić information content (AvgIpc) is 3.36. The fraction of sp³-hybridized carbons (Fsp3) is 0.407. The van der Waals surface area contributed by atoms with Gasteiger partial charge >= 0.3 is 0 Å². The summed E-state index contributed by atoms with van der Waals surface area (Å²) in [6.07, 6.45) is 7.11. The standard InChI is InChI=1S/C27H32ClN5O/c28-24-7-4-8-25(20-24)33-14-11-29-27(33)32-17-15-30(16-18-32)21-26(34)31-12-9-23(10-13-31)19-22-5-2-1-3-6-22/h1-8,11,14,20,23H,9-10,12-13,15-19,21H2. The van der Waals surface area contributed by atoms with E-state index in [0.29, 0.717) is 17.5 Å². The summed E-state index contributed by atoms with van der Waals surface area (Å²) in [4.78, 5) is 24.2. The number of likely N-dealkylation sites (tertiary alicyclic amines) is 1. The van der Waals surface area contributed by atoms with Gasteiger partial charge in [0.1, 0.15) is 0 Å². The molecule has 0 aliphatic carbocycles. The second kappa shape index (κ2) is 10.6. The third-order valence-electron chi connectivity index (χ3n) is 7.06. The molecule has 7 heteroatoms. The molecule has 2 saturated heterocycles. The zero-order valence-electron chi connectivity index (χ0n) is 19.5. The van der Waals surface area contributed by atoms with Crippen molar-refractivity contribution in [3.8, 4) is 5.69 Å². The third kappa shape index (κ3) is 5.45. The Morgan fingerprint density at radius 2 is 1.71 bits per heavy atom. The fourth-order valence-corrected chi connectivity index (χ4v) is 5.27. The minimum atomic E-state index is 0.270. The molecule has 178 valence electrons. The first-order chi connectivity index (χ1) is 16.7. The maximum atomic E-state index is 13.0. The summed E-state index contributed by atoms with van der Waals surface area (Å²) in [6, 6.07) is 18.5. The topological polar surface area (TPSA) is 44.6 Å². The molecule has 0 radical (unpaired) electrons. The molecule has 6 nitrogen and oxygen atoms in total. The zero-order chi connectivity index (χ0) is 23.3. The average molecular weight is 478 g/mol. The van der Waals surface area contributed by atoms with Crippen LogP contribution in [-0.4, -0.2) is 71.1 Å². The van der Waals surface area contributed by atoms with Crippen LogP contribution in [0.25, 0.3) is 5.69 Å². The van der Waals surface area contributed by atoms with Crippen molar-refractivity contribution in [2.24, 2.45) is 5.92 Å². The molecule has 0 bridgehead atoms. The van der Waals surface area contributed by atoms with Crippen molar-refractivity contribution in [3.05, 3.63) is 77.6 Å². The molecule has 5 rings (SSSR count). The van der Waals surface area contributed by atoms with E-state index in [2.05, 4.69) is 54.6 Å². The van der Waals surface area contributed by atoms with Gasteiger partial charge in [-0.3, -0.25) is 14.3 Å². The Hall–Kier alpha value is -2.83. The van der Waals surface area contributed by atoms with Crippen LogP contribution in [0.3, 0.4) is 0 Å². The second-order valence-electron chi connectivity index (χ2n) is 9.35. The third-order valence-corrected chi connectivity index (χ3v) is 7.29. The monoisotopic (exact) mass is 477 g/mol. The van der Waals surface area contributed by atoms with Gasteiger partial charge in [-0.15, -0.1) is 0 Å².